The first-order chi connectivity index (χ1) is 9.26. The summed E-state index contributed by atoms with van der Waals surface area (Å²) < 4.78 is 64.5. The highest BCUT2D eigenvalue weighted by molar-refractivity contribution is 5.50. The number of benzene rings is 1. The standard InChI is InChI=1S/C11H8F5N3O/c12-10(13,14)11(15,16)20-9-5-3-8(4-6-9)2-1-7-18-19-17/h1-6H,7H2. The molecule has 0 heterocycles. The van der Waals surface area contributed by atoms with Crippen LogP contribution >= 0.6 is 0 Å². The zero-order chi connectivity index (χ0) is 15.2. The second-order valence-electron chi connectivity index (χ2n) is 3.50. The fourth-order valence-electron chi connectivity index (χ4n) is 1.13. The second kappa shape index (κ2) is 6.25. The quantitative estimate of drug-likeness (QED) is 0.340. The fraction of sp³-hybridized carbons (Fsp3) is 0.273. The summed E-state index contributed by atoms with van der Waals surface area (Å²) in [5.41, 5.74) is 8.55. The van der Waals surface area contributed by atoms with Crippen LogP contribution in [0.2, 0.25) is 0 Å². The Morgan fingerprint density at radius 2 is 1.75 bits per heavy atom. The Kier molecular flexibility index (Phi) is 4.93. The van der Waals surface area contributed by atoms with E-state index in [-0.39, 0.29) is 6.54 Å². The SMILES string of the molecule is [N-]=[N+]=NCC=Cc1ccc(OC(F)(F)C(F)(F)F)cc1. The molecule has 0 N–H and O–H groups in total. The molecule has 0 unspecified atom stereocenters. The van der Waals surface area contributed by atoms with E-state index in [1.807, 2.05) is 0 Å². The summed E-state index contributed by atoms with van der Waals surface area (Å²) >= 11 is 0. The normalized spacial score (nSPS) is 12.2. The Morgan fingerprint density at radius 1 is 1.15 bits per heavy atom. The summed E-state index contributed by atoms with van der Waals surface area (Å²) in [4.78, 5) is 2.51. The predicted octanol–water partition coefficient (Wildman–Crippen LogP) is 4.54. The summed E-state index contributed by atoms with van der Waals surface area (Å²) in [7, 11) is 0. The monoisotopic (exact) mass is 293 g/mol. The highest BCUT2D eigenvalue weighted by Crippen LogP contribution is 2.37. The molecule has 9 heteroatoms. The fourth-order valence-corrected chi connectivity index (χ4v) is 1.13. The maximum atomic E-state index is 12.6. The summed E-state index contributed by atoms with van der Waals surface area (Å²) in [5.74, 6) is -0.612. The van der Waals surface area contributed by atoms with Gasteiger partial charge in [0.15, 0.2) is 0 Å². The summed E-state index contributed by atoms with van der Waals surface area (Å²) in [6, 6.07) is 4.53. The van der Waals surface area contributed by atoms with Crippen molar-refractivity contribution < 1.29 is 26.7 Å². The first-order valence-electron chi connectivity index (χ1n) is 5.17. The lowest BCUT2D eigenvalue weighted by Gasteiger charge is -2.20. The molecule has 0 fully saturated rings. The summed E-state index contributed by atoms with van der Waals surface area (Å²) in [5, 5.41) is 3.22. The first kappa shape index (κ1) is 15.8. The van der Waals surface area contributed by atoms with Crippen molar-refractivity contribution in [2.45, 2.75) is 12.3 Å². The van der Waals surface area contributed by atoms with Crippen molar-refractivity contribution in [2.75, 3.05) is 6.54 Å². The number of alkyl halides is 5. The predicted molar refractivity (Wildman–Crippen MR) is 61.1 cm³/mol. The third-order valence-electron chi connectivity index (χ3n) is 2.02. The highest BCUT2D eigenvalue weighted by Gasteiger charge is 2.61. The smallest absolute Gasteiger partial charge is 0.426 e. The number of halogens is 5. The molecule has 4 nitrogen and oxygen atoms in total. The number of hydrogen-bond acceptors (Lipinski definition) is 2. The van der Waals surface area contributed by atoms with Crippen molar-refractivity contribution in [3.63, 3.8) is 0 Å². The van der Waals surface area contributed by atoms with E-state index in [0.29, 0.717) is 5.56 Å². The number of hydrogen-bond donors (Lipinski definition) is 0. The molecule has 1 rings (SSSR count). The molecule has 0 atom stereocenters. The van der Waals surface area contributed by atoms with Gasteiger partial charge in [0.2, 0.25) is 0 Å². The van der Waals surface area contributed by atoms with Crippen LogP contribution in [0.3, 0.4) is 0 Å². The van der Waals surface area contributed by atoms with E-state index in [4.69, 9.17) is 5.53 Å². The van der Waals surface area contributed by atoms with Gasteiger partial charge in [-0.1, -0.05) is 29.4 Å². The van der Waals surface area contributed by atoms with Crippen LogP contribution < -0.4 is 4.74 Å². The number of ether oxygens (including phenoxy) is 1. The number of nitrogens with zero attached hydrogens (tertiary/aromatic N) is 3. The molecular formula is C11H8F5N3O. The molecule has 108 valence electrons. The van der Waals surface area contributed by atoms with E-state index >= 15 is 0 Å². The van der Waals surface area contributed by atoms with Crippen molar-refractivity contribution in [1.29, 1.82) is 0 Å². The Bertz CT molecular complexity index is 518. The molecule has 0 saturated heterocycles. The Labute approximate surface area is 110 Å². The molecule has 0 radical (unpaired) electrons. The van der Waals surface area contributed by atoms with Crippen molar-refractivity contribution >= 4 is 6.08 Å². The van der Waals surface area contributed by atoms with Gasteiger partial charge in [0.25, 0.3) is 0 Å². The van der Waals surface area contributed by atoms with Crippen LogP contribution in [-0.4, -0.2) is 18.8 Å². The third kappa shape index (κ3) is 4.43. The van der Waals surface area contributed by atoms with Gasteiger partial charge >= 0.3 is 12.3 Å². The third-order valence-corrected chi connectivity index (χ3v) is 2.02. The first-order valence-corrected chi connectivity index (χ1v) is 5.17. The minimum atomic E-state index is -5.78. The molecule has 1 aromatic carbocycles. The van der Waals surface area contributed by atoms with Gasteiger partial charge in [-0.05, 0) is 23.2 Å². The zero-order valence-corrected chi connectivity index (χ0v) is 9.81. The van der Waals surface area contributed by atoms with E-state index in [1.54, 1.807) is 0 Å². The van der Waals surface area contributed by atoms with Gasteiger partial charge in [0, 0.05) is 11.5 Å². The van der Waals surface area contributed by atoms with Crippen molar-refractivity contribution in [1.82, 2.24) is 0 Å². The van der Waals surface area contributed by atoms with E-state index in [0.717, 1.165) is 12.1 Å². The average Bonchev–Trinajstić information content (AvgIpc) is 2.35. The number of azide groups is 1. The van der Waals surface area contributed by atoms with Crippen LogP contribution in [0.4, 0.5) is 22.0 Å². The minimum Gasteiger partial charge on any atom is -0.426 e. The van der Waals surface area contributed by atoms with E-state index < -0.39 is 18.0 Å². The van der Waals surface area contributed by atoms with E-state index in [1.165, 1.54) is 24.3 Å². The molecule has 0 aliphatic carbocycles. The largest absolute Gasteiger partial charge is 0.499 e. The van der Waals surface area contributed by atoms with Gasteiger partial charge in [-0.3, -0.25) is 0 Å². The minimum absolute atomic E-state index is 0.0981. The maximum Gasteiger partial charge on any atom is 0.499 e. The maximum absolute atomic E-state index is 12.6. The topological polar surface area (TPSA) is 58.0 Å². The molecule has 1 aromatic rings. The summed E-state index contributed by atoms with van der Waals surface area (Å²) in [6.45, 7) is 0.0981. The molecule has 20 heavy (non-hydrogen) atoms. The molecular weight excluding hydrogens is 285 g/mol. The lowest BCUT2D eigenvalue weighted by molar-refractivity contribution is -0.360. The Morgan fingerprint density at radius 3 is 2.25 bits per heavy atom. The van der Waals surface area contributed by atoms with Crippen molar-refractivity contribution in [3.8, 4) is 5.75 Å². The van der Waals surface area contributed by atoms with Crippen LogP contribution in [0.25, 0.3) is 16.5 Å². The van der Waals surface area contributed by atoms with Crippen LogP contribution in [-0.2, 0) is 0 Å². The number of rotatable bonds is 5. The van der Waals surface area contributed by atoms with Gasteiger partial charge in [-0.15, -0.1) is 0 Å². The average molecular weight is 293 g/mol. The molecule has 0 saturated carbocycles. The molecule has 0 aromatic heterocycles. The van der Waals surface area contributed by atoms with E-state index in [9.17, 15) is 22.0 Å². The summed E-state index contributed by atoms with van der Waals surface area (Å²) in [6.07, 6.45) is -8.01. The van der Waals surface area contributed by atoms with Gasteiger partial charge < -0.3 is 4.74 Å². The lowest BCUT2D eigenvalue weighted by atomic mass is 10.2. The highest BCUT2D eigenvalue weighted by atomic mass is 19.4. The van der Waals surface area contributed by atoms with Crippen LogP contribution in [0, 0.1) is 0 Å². The molecule has 0 aliphatic rings. The molecule has 0 amide bonds. The van der Waals surface area contributed by atoms with Gasteiger partial charge in [-0.2, -0.15) is 22.0 Å². The Balaban J connectivity index is 2.72. The van der Waals surface area contributed by atoms with Crippen LogP contribution in [0.5, 0.6) is 5.75 Å². The molecule has 0 aliphatic heterocycles. The van der Waals surface area contributed by atoms with Gasteiger partial charge in [0.05, 0.1) is 0 Å². The lowest BCUT2D eigenvalue weighted by Crippen LogP contribution is -2.41. The van der Waals surface area contributed by atoms with Crippen LogP contribution in [0.15, 0.2) is 35.5 Å². The Hall–Kier alpha value is -2.28. The van der Waals surface area contributed by atoms with Gasteiger partial charge in [-0.25, -0.2) is 0 Å². The van der Waals surface area contributed by atoms with Gasteiger partial charge in [0.1, 0.15) is 5.75 Å². The van der Waals surface area contributed by atoms with Crippen LogP contribution in [0.1, 0.15) is 5.56 Å². The molecule has 0 spiro atoms. The van der Waals surface area contributed by atoms with E-state index in [2.05, 4.69) is 14.8 Å². The van der Waals surface area contributed by atoms with Crippen molar-refractivity contribution in [2.24, 2.45) is 5.11 Å². The zero-order valence-electron chi connectivity index (χ0n) is 9.81. The molecule has 0 bridgehead atoms. The van der Waals surface area contributed by atoms with Crippen molar-refractivity contribution in [3.05, 3.63) is 46.3 Å². The second-order valence-corrected chi connectivity index (χ2v) is 3.50.